The number of imidazole rings is 1. The van der Waals surface area contributed by atoms with Gasteiger partial charge in [0.25, 0.3) is 0 Å². The molecule has 3 nitrogen and oxygen atoms in total. The van der Waals surface area contributed by atoms with Gasteiger partial charge in [-0.3, -0.25) is 0 Å². The van der Waals surface area contributed by atoms with Crippen LogP contribution in [0.2, 0.25) is 10.0 Å². The third-order valence-corrected chi connectivity index (χ3v) is 3.65. The molecule has 0 saturated carbocycles. The maximum atomic E-state index is 6.20. The van der Waals surface area contributed by atoms with E-state index < -0.39 is 0 Å². The molecule has 1 aromatic carbocycles. The second-order valence-corrected chi connectivity index (χ2v) is 5.66. The summed E-state index contributed by atoms with van der Waals surface area (Å²) in [5, 5.41) is 4.73. The highest BCUT2D eigenvalue weighted by atomic mass is 35.5. The Balaban J connectivity index is 2.06. The normalized spacial score (nSPS) is 10.8. The van der Waals surface area contributed by atoms with Gasteiger partial charge in [0.2, 0.25) is 5.95 Å². The Labute approximate surface area is 129 Å². The van der Waals surface area contributed by atoms with Gasteiger partial charge in [-0.25, -0.2) is 4.98 Å². The third-order valence-electron chi connectivity index (χ3n) is 3.07. The summed E-state index contributed by atoms with van der Waals surface area (Å²) in [4.78, 5) is 4.49. The number of nitrogens with one attached hydrogen (secondary N) is 1. The van der Waals surface area contributed by atoms with Gasteiger partial charge >= 0.3 is 0 Å². The van der Waals surface area contributed by atoms with Gasteiger partial charge in [-0.1, -0.05) is 36.2 Å². The lowest BCUT2D eigenvalue weighted by molar-refractivity contribution is 0.698. The minimum Gasteiger partial charge on any atom is -0.356 e. The average molecular weight is 312 g/mol. The van der Waals surface area contributed by atoms with Crippen molar-refractivity contribution in [2.24, 2.45) is 0 Å². The van der Waals surface area contributed by atoms with Crippen LogP contribution in [0.25, 0.3) is 0 Å². The van der Waals surface area contributed by atoms with E-state index in [1.54, 1.807) is 6.07 Å². The molecule has 2 aromatic rings. The van der Waals surface area contributed by atoms with Crippen molar-refractivity contribution >= 4 is 29.2 Å². The van der Waals surface area contributed by atoms with Gasteiger partial charge in [-0.05, 0) is 37.5 Å². The highest BCUT2D eigenvalue weighted by molar-refractivity contribution is 6.35. The van der Waals surface area contributed by atoms with Gasteiger partial charge in [0, 0.05) is 29.3 Å². The van der Waals surface area contributed by atoms with E-state index >= 15 is 0 Å². The Kier molecular flexibility index (Phi) is 5.32. The monoisotopic (exact) mass is 311 g/mol. The number of aromatic nitrogens is 2. The Morgan fingerprint density at radius 2 is 2.10 bits per heavy atom. The summed E-state index contributed by atoms with van der Waals surface area (Å²) in [7, 11) is 0. The van der Waals surface area contributed by atoms with Crippen LogP contribution in [0.5, 0.6) is 0 Å². The first-order valence-electron chi connectivity index (χ1n) is 6.81. The first-order valence-corrected chi connectivity index (χ1v) is 7.57. The topological polar surface area (TPSA) is 29.9 Å². The van der Waals surface area contributed by atoms with Crippen molar-refractivity contribution in [2.75, 3.05) is 11.9 Å². The van der Waals surface area contributed by atoms with Crippen LogP contribution in [0.15, 0.2) is 24.4 Å². The van der Waals surface area contributed by atoms with Crippen molar-refractivity contribution in [3.63, 3.8) is 0 Å². The predicted octanol–water partition coefficient (Wildman–Crippen LogP) is 4.56. The van der Waals surface area contributed by atoms with Crippen LogP contribution in [0.1, 0.15) is 24.6 Å². The quantitative estimate of drug-likeness (QED) is 0.847. The molecule has 0 aliphatic rings. The largest absolute Gasteiger partial charge is 0.356 e. The van der Waals surface area contributed by atoms with E-state index in [2.05, 4.69) is 28.0 Å². The molecule has 1 N–H and O–H groups in total. The molecule has 5 heteroatoms. The summed E-state index contributed by atoms with van der Waals surface area (Å²) in [6.45, 7) is 5.91. The van der Waals surface area contributed by atoms with Crippen molar-refractivity contribution in [3.8, 4) is 0 Å². The molecule has 0 aliphatic heterocycles. The maximum Gasteiger partial charge on any atom is 0.203 e. The number of benzene rings is 1. The Morgan fingerprint density at radius 3 is 2.80 bits per heavy atom. The van der Waals surface area contributed by atoms with Crippen LogP contribution in [0, 0.1) is 6.92 Å². The van der Waals surface area contributed by atoms with Gasteiger partial charge in [0.1, 0.15) is 0 Å². The molecule has 0 fully saturated rings. The highest BCUT2D eigenvalue weighted by Gasteiger charge is 2.07. The number of halogens is 2. The summed E-state index contributed by atoms with van der Waals surface area (Å²) in [5.41, 5.74) is 2.12. The smallest absolute Gasteiger partial charge is 0.203 e. The molecule has 20 heavy (non-hydrogen) atoms. The lowest BCUT2D eigenvalue weighted by atomic mass is 10.1. The number of anilines is 1. The van der Waals surface area contributed by atoms with Crippen molar-refractivity contribution in [2.45, 2.75) is 33.2 Å². The fourth-order valence-corrected chi connectivity index (χ4v) is 2.56. The second kappa shape index (κ2) is 7.00. The molecule has 0 bridgehead atoms. The van der Waals surface area contributed by atoms with E-state index in [1.165, 1.54) is 0 Å². The summed E-state index contributed by atoms with van der Waals surface area (Å²) in [6, 6.07) is 5.64. The summed E-state index contributed by atoms with van der Waals surface area (Å²) in [5.74, 6) is 0.925. The van der Waals surface area contributed by atoms with E-state index in [1.807, 2.05) is 19.1 Å². The van der Waals surface area contributed by atoms with E-state index in [0.29, 0.717) is 5.02 Å². The zero-order valence-corrected chi connectivity index (χ0v) is 13.3. The van der Waals surface area contributed by atoms with E-state index in [-0.39, 0.29) is 0 Å². The maximum absolute atomic E-state index is 6.20. The molecule has 2 rings (SSSR count). The van der Waals surface area contributed by atoms with E-state index in [9.17, 15) is 0 Å². The van der Waals surface area contributed by atoms with Crippen LogP contribution in [-0.4, -0.2) is 16.1 Å². The van der Waals surface area contributed by atoms with Crippen LogP contribution >= 0.6 is 23.2 Å². The van der Waals surface area contributed by atoms with Gasteiger partial charge in [-0.2, -0.15) is 0 Å². The van der Waals surface area contributed by atoms with Crippen molar-refractivity contribution in [1.82, 2.24) is 9.55 Å². The average Bonchev–Trinajstić information content (AvgIpc) is 2.75. The van der Waals surface area contributed by atoms with Gasteiger partial charge in [0.05, 0.1) is 5.69 Å². The number of nitrogens with zero attached hydrogens (tertiary/aromatic N) is 2. The number of aryl methyl sites for hydroxylation is 3. The summed E-state index contributed by atoms with van der Waals surface area (Å²) < 4.78 is 2.13. The molecule has 0 aliphatic carbocycles. The molecule has 0 radical (unpaired) electrons. The fraction of sp³-hybridized carbons (Fsp3) is 0.400. The summed E-state index contributed by atoms with van der Waals surface area (Å²) in [6.07, 6.45) is 3.99. The zero-order valence-electron chi connectivity index (χ0n) is 11.8. The lowest BCUT2D eigenvalue weighted by Crippen LogP contribution is -2.09. The number of hydrogen-bond donors (Lipinski definition) is 1. The molecular formula is C15H19Cl2N3. The molecule has 0 spiro atoms. The highest BCUT2D eigenvalue weighted by Crippen LogP contribution is 2.22. The van der Waals surface area contributed by atoms with Crippen molar-refractivity contribution < 1.29 is 0 Å². The van der Waals surface area contributed by atoms with Gasteiger partial charge in [0.15, 0.2) is 0 Å². The SMILES string of the molecule is CCCNc1nc(C)cn1CCc1ccc(Cl)cc1Cl. The molecule has 0 amide bonds. The van der Waals surface area contributed by atoms with Crippen molar-refractivity contribution in [1.29, 1.82) is 0 Å². The molecule has 0 unspecified atom stereocenters. The minimum absolute atomic E-state index is 0.669. The van der Waals surface area contributed by atoms with Gasteiger partial charge < -0.3 is 9.88 Å². The van der Waals surface area contributed by atoms with Crippen LogP contribution in [-0.2, 0) is 13.0 Å². The first kappa shape index (κ1) is 15.2. The van der Waals surface area contributed by atoms with Crippen LogP contribution < -0.4 is 5.32 Å². The standard InChI is InChI=1S/C15H19Cl2N3/c1-3-7-18-15-19-11(2)10-20(15)8-6-12-4-5-13(16)9-14(12)17/h4-5,9-10H,3,6-8H2,1-2H3,(H,18,19). The van der Waals surface area contributed by atoms with Crippen LogP contribution in [0.3, 0.4) is 0 Å². The van der Waals surface area contributed by atoms with Gasteiger partial charge in [-0.15, -0.1) is 0 Å². The van der Waals surface area contributed by atoms with E-state index in [4.69, 9.17) is 23.2 Å². The molecule has 0 atom stereocenters. The Bertz CT molecular complexity index is 578. The lowest BCUT2D eigenvalue weighted by Gasteiger charge is -2.10. The fourth-order valence-electron chi connectivity index (χ4n) is 2.06. The molecule has 1 aromatic heterocycles. The second-order valence-electron chi connectivity index (χ2n) is 4.81. The van der Waals surface area contributed by atoms with E-state index in [0.717, 1.165) is 48.2 Å². The predicted molar refractivity (Wildman–Crippen MR) is 85.9 cm³/mol. The van der Waals surface area contributed by atoms with Crippen LogP contribution in [0.4, 0.5) is 5.95 Å². The number of rotatable bonds is 6. The summed E-state index contributed by atoms with van der Waals surface area (Å²) >= 11 is 12.1. The molecule has 1 heterocycles. The number of hydrogen-bond acceptors (Lipinski definition) is 2. The zero-order chi connectivity index (χ0) is 14.5. The third kappa shape index (κ3) is 3.90. The molecule has 108 valence electrons. The van der Waals surface area contributed by atoms with Crippen molar-refractivity contribution in [3.05, 3.63) is 45.7 Å². The Morgan fingerprint density at radius 1 is 1.30 bits per heavy atom. The Hall–Kier alpha value is -1.19. The minimum atomic E-state index is 0.669. The molecular weight excluding hydrogens is 293 g/mol. The first-order chi connectivity index (χ1) is 9.60. The molecule has 0 saturated heterocycles.